The molecule has 1 aliphatic rings. The average molecular weight is 227 g/mol. The molecular weight excluding hydrogens is 202 g/mol. The van der Waals surface area contributed by atoms with Crippen molar-refractivity contribution in [3.8, 4) is 0 Å². The highest BCUT2D eigenvalue weighted by Gasteiger charge is 2.27. The molecule has 3 heteroatoms. The standard InChI is InChI=1S/C13H25NO2/c1-12(2,3)16-11(15)14-10-13(4)8-6-5-7-9-13/h5-10H2,1-4H3,(H,14,15). The van der Waals surface area contributed by atoms with E-state index in [1.807, 2.05) is 20.8 Å². The zero-order valence-electron chi connectivity index (χ0n) is 11.1. The molecule has 1 rings (SSSR count). The lowest BCUT2D eigenvalue weighted by Gasteiger charge is -2.33. The van der Waals surface area contributed by atoms with E-state index in [-0.39, 0.29) is 11.5 Å². The molecule has 0 aromatic carbocycles. The first-order valence-corrected chi connectivity index (χ1v) is 6.28. The second-order valence-corrected chi connectivity index (χ2v) is 6.23. The maximum atomic E-state index is 11.5. The third-order valence-electron chi connectivity index (χ3n) is 3.12. The minimum Gasteiger partial charge on any atom is -0.444 e. The highest BCUT2D eigenvalue weighted by molar-refractivity contribution is 5.67. The van der Waals surface area contributed by atoms with Crippen molar-refractivity contribution in [2.45, 2.75) is 65.4 Å². The van der Waals surface area contributed by atoms with E-state index in [0.29, 0.717) is 0 Å². The number of nitrogens with one attached hydrogen (secondary N) is 1. The molecule has 0 saturated heterocycles. The summed E-state index contributed by atoms with van der Waals surface area (Å²) in [5.41, 5.74) is -0.132. The van der Waals surface area contributed by atoms with E-state index in [1.165, 1.54) is 32.1 Å². The third kappa shape index (κ3) is 4.86. The molecule has 16 heavy (non-hydrogen) atoms. The average Bonchev–Trinajstić information content (AvgIpc) is 2.14. The first-order chi connectivity index (χ1) is 7.31. The molecule has 0 bridgehead atoms. The van der Waals surface area contributed by atoms with Crippen molar-refractivity contribution >= 4 is 6.09 Å². The highest BCUT2D eigenvalue weighted by Crippen LogP contribution is 2.34. The quantitative estimate of drug-likeness (QED) is 0.784. The molecule has 1 aliphatic carbocycles. The van der Waals surface area contributed by atoms with Gasteiger partial charge in [0.2, 0.25) is 0 Å². The van der Waals surface area contributed by atoms with Crippen LogP contribution in [0, 0.1) is 5.41 Å². The number of alkyl carbamates (subject to hydrolysis) is 1. The third-order valence-corrected chi connectivity index (χ3v) is 3.12. The molecule has 0 aromatic rings. The Kier molecular flexibility index (Phi) is 4.22. The van der Waals surface area contributed by atoms with Crippen molar-refractivity contribution in [1.82, 2.24) is 5.32 Å². The van der Waals surface area contributed by atoms with E-state index in [4.69, 9.17) is 4.74 Å². The second-order valence-electron chi connectivity index (χ2n) is 6.23. The van der Waals surface area contributed by atoms with Crippen LogP contribution in [-0.2, 0) is 4.74 Å². The van der Waals surface area contributed by atoms with Crippen LogP contribution in [0.5, 0.6) is 0 Å². The summed E-state index contributed by atoms with van der Waals surface area (Å²) in [7, 11) is 0. The van der Waals surface area contributed by atoms with E-state index in [1.54, 1.807) is 0 Å². The Bertz CT molecular complexity index is 237. The van der Waals surface area contributed by atoms with Gasteiger partial charge in [-0.2, -0.15) is 0 Å². The minimum absolute atomic E-state index is 0.273. The Balaban J connectivity index is 2.30. The van der Waals surface area contributed by atoms with Gasteiger partial charge in [-0.1, -0.05) is 26.2 Å². The zero-order chi connectivity index (χ0) is 12.2. The summed E-state index contributed by atoms with van der Waals surface area (Å²) in [6, 6.07) is 0. The topological polar surface area (TPSA) is 38.3 Å². The first kappa shape index (κ1) is 13.3. The van der Waals surface area contributed by atoms with Crippen molar-refractivity contribution in [3.63, 3.8) is 0 Å². The fourth-order valence-electron chi connectivity index (χ4n) is 2.18. The van der Waals surface area contributed by atoms with E-state index < -0.39 is 5.60 Å². The molecule has 0 aliphatic heterocycles. The maximum Gasteiger partial charge on any atom is 0.407 e. The lowest BCUT2D eigenvalue weighted by atomic mass is 9.76. The number of hydrogen-bond acceptors (Lipinski definition) is 2. The van der Waals surface area contributed by atoms with Gasteiger partial charge in [0.15, 0.2) is 0 Å². The van der Waals surface area contributed by atoms with Gasteiger partial charge in [0, 0.05) is 6.54 Å². The normalized spacial score (nSPS) is 20.2. The predicted octanol–water partition coefficient (Wildman–Crippen LogP) is 3.48. The highest BCUT2D eigenvalue weighted by atomic mass is 16.6. The molecule has 0 aromatic heterocycles. The van der Waals surface area contributed by atoms with Crippen LogP contribution >= 0.6 is 0 Å². The summed E-state index contributed by atoms with van der Waals surface area (Å²) in [4.78, 5) is 11.5. The number of carbonyl (C=O) groups excluding carboxylic acids is 1. The number of rotatable bonds is 2. The Morgan fingerprint density at radius 2 is 1.81 bits per heavy atom. The molecule has 1 saturated carbocycles. The van der Waals surface area contributed by atoms with Crippen LogP contribution in [0.15, 0.2) is 0 Å². The fraction of sp³-hybridized carbons (Fsp3) is 0.923. The Morgan fingerprint density at radius 3 is 2.31 bits per heavy atom. The van der Waals surface area contributed by atoms with Crippen LogP contribution in [0.2, 0.25) is 0 Å². The molecule has 0 atom stereocenters. The van der Waals surface area contributed by atoms with Gasteiger partial charge in [-0.25, -0.2) is 4.79 Å². The summed E-state index contributed by atoms with van der Waals surface area (Å²) < 4.78 is 5.22. The van der Waals surface area contributed by atoms with Gasteiger partial charge in [-0.3, -0.25) is 0 Å². The van der Waals surface area contributed by atoms with Gasteiger partial charge in [0.25, 0.3) is 0 Å². The maximum absolute atomic E-state index is 11.5. The summed E-state index contributed by atoms with van der Waals surface area (Å²) >= 11 is 0. The van der Waals surface area contributed by atoms with Crippen LogP contribution in [0.1, 0.15) is 59.8 Å². The molecule has 1 fully saturated rings. The van der Waals surface area contributed by atoms with E-state index in [0.717, 1.165) is 6.54 Å². The second kappa shape index (κ2) is 5.07. The summed E-state index contributed by atoms with van der Waals surface area (Å²) in [6.07, 6.45) is 6.03. The van der Waals surface area contributed by atoms with Crippen molar-refractivity contribution in [1.29, 1.82) is 0 Å². The van der Waals surface area contributed by atoms with E-state index in [9.17, 15) is 4.79 Å². The molecule has 0 spiro atoms. The molecule has 0 heterocycles. The first-order valence-electron chi connectivity index (χ1n) is 6.28. The van der Waals surface area contributed by atoms with Crippen molar-refractivity contribution in [2.75, 3.05) is 6.54 Å². The van der Waals surface area contributed by atoms with Crippen LogP contribution in [0.25, 0.3) is 0 Å². The summed E-state index contributed by atoms with van der Waals surface area (Å²) in [5, 5.41) is 2.89. The lowest BCUT2D eigenvalue weighted by Crippen LogP contribution is -2.39. The van der Waals surface area contributed by atoms with Gasteiger partial charge in [-0.05, 0) is 39.0 Å². The summed E-state index contributed by atoms with van der Waals surface area (Å²) in [5.74, 6) is 0. The molecule has 1 N–H and O–H groups in total. The largest absolute Gasteiger partial charge is 0.444 e. The van der Waals surface area contributed by atoms with Crippen LogP contribution in [0.4, 0.5) is 4.79 Å². The molecule has 0 unspecified atom stereocenters. The minimum atomic E-state index is -0.405. The summed E-state index contributed by atoms with van der Waals surface area (Å²) in [6.45, 7) is 8.64. The number of ether oxygens (including phenoxy) is 1. The van der Waals surface area contributed by atoms with Gasteiger partial charge in [0.05, 0.1) is 0 Å². The predicted molar refractivity (Wildman–Crippen MR) is 65.4 cm³/mol. The van der Waals surface area contributed by atoms with Gasteiger partial charge >= 0.3 is 6.09 Å². The smallest absolute Gasteiger partial charge is 0.407 e. The van der Waals surface area contributed by atoms with Crippen molar-refractivity contribution < 1.29 is 9.53 Å². The van der Waals surface area contributed by atoms with Crippen molar-refractivity contribution in [2.24, 2.45) is 5.41 Å². The molecule has 94 valence electrons. The molecule has 3 nitrogen and oxygen atoms in total. The van der Waals surface area contributed by atoms with Crippen molar-refractivity contribution in [3.05, 3.63) is 0 Å². The Hall–Kier alpha value is -0.730. The monoisotopic (exact) mass is 227 g/mol. The van der Waals surface area contributed by atoms with Gasteiger partial charge in [-0.15, -0.1) is 0 Å². The Labute approximate surface area is 98.9 Å². The SMILES string of the molecule is CC1(CNC(=O)OC(C)(C)C)CCCCC1. The van der Waals surface area contributed by atoms with Crippen LogP contribution in [-0.4, -0.2) is 18.2 Å². The fourth-order valence-corrected chi connectivity index (χ4v) is 2.18. The van der Waals surface area contributed by atoms with E-state index in [2.05, 4.69) is 12.2 Å². The molecular formula is C13H25NO2. The van der Waals surface area contributed by atoms with E-state index >= 15 is 0 Å². The van der Waals surface area contributed by atoms with Crippen LogP contribution < -0.4 is 5.32 Å². The lowest BCUT2D eigenvalue weighted by molar-refractivity contribution is 0.0490. The Morgan fingerprint density at radius 1 is 1.25 bits per heavy atom. The zero-order valence-corrected chi connectivity index (χ0v) is 11.1. The molecule has 0 radical (unpaired) electrons. The number of carbonyl (C=O) groups is 1. The number of hydrogen-bond donors (Lipinski definition) is 1. The number of amides is 1. The molecule has 1 amide bonds. The van der Waals surface area contributed by atoms with Gasteiger partial charge in [0.1, 0.15) is 5.60 Å². The van der Waals surface area contributed by atoms with Crippen LogP contribution in [0.3, 0.4) is 0 Å². The van der Waals surface area contributed by atoms with Gasteiger partial charge < -0.3 is 10.1 Å².